The molecule has 0 saturated heterocycles. The van der Waals surface area contributed by atoms with Crippen molar-refractivity contribution in [2.24, 2.45) is 0 Å². The Bertz CT molecular complexity index is 590. The monoisotopic (exact) mass is 280 g/mol. The molecule has 0 aliphatic carbocycles. The summed E-state index contributed by atoms with van der Waals surface area (Å²) in [5.41, 5.74) is 7.85. The van der Waals surface area contributed by atoms with Gasteiger partial charge in [0, 0.05) is 17.4 Å². The summed E-state index contributed by atoms with van der Waals surface area (Å²) >= 11 is 5.73. The minimum Gasteiger partial charge on any atom is -0.492 e. The van der Waals surface area contributed by atoms with Gasteiger partial charge in [-0.3, -0.25) is 0 Å². The molecular formula is C14H14ClFN2O. The molecule has 3 N–H and O–H groups in total. The number of anilines is 3. The van der Waals surface area contributed by atoms with Gasteiger partial charge in [-0.15, -0.1) is 0 Å². The van der Waals surface area contributed by atoms with Crippen molar-refractivity contribution >= 4 is 28.7 Å². The Labute approximate surface area is 116 Å². The molecule has 5 heteroatoms. The fraction of sp³-hybridized carbons (Fsp3) is 0.143. The molecule has 2 aromatic rings. The topological polar surface area (TPSA) is 47.3 Å². The summed E-state index contributed by atoms with van der Waals surface area (Å²) in [7, 11) is 0. The van der Waals surface area contributed by atoms with E-state index in [0.29, 0.717) is 23.7 Å². The second kappa shape index (κ2) is 5.80. The van der Waals surface area contributed by atoms with Gasteiger partial charge in [0.1, 0.15) is 11.6 Å². The smallest absolute Gasteiger partial charge is 0.144 e. The predicted molar refractivity (Wildman–Crippen MR) is 76.7 cm³/mol. The zero-order chi connectivity index (χ0) is 13.8. The van der Waals surface area contributed by atoms with Crippen LogP contribution in [0.2, 0.25) is 5.02 Å². The third-order valence-electron chi connectivity index (χ3n) is 2.52. The zero-order valence-corrected chi connectivity index (χ0v) is 11.2. The first-order valence-electron chi connectivity index (χ1n) is 5.84. The van der Waals surface area contributed by atoms with E-state index < -0.39 is 5.82 Å². The fourth-order valence-electron chi connectivity index (χ4n) is 1.63. The lowest BCUT2D eigenvalue weighted by molar-refractivity contribution is 0.342. The maximum Gasteiger partial charge on any atom is 0.144 e. The number of nitrogens with one attached hydrogen (secondary N) is 1. The van der Waals surface area contributed by atoms with Gasteiger partial charge in [0.05, 0.1) is 17.3 Å². The SMILES string of the molecule is CCOc1cc(Nc2ccc(F)c(Cl)c2)ccc1N. The molecule has 0 saturated carbocycles. The third-order valence-corrected chi connectivity index (χ3v) is 2.81. The van der Waals surface area contributed by atoms with Crippen molar-refractivity contribution < 1.29 is 9.13 Å². The van der Waals surface area contributed by atoms with E-state index in [-0.39, 0.29) is 5.02 Å². The number of hydrogen-bond donors (Lipinski definition) is 2. The summed E-state index contributed by atoms with van der Waals surface area (Å²) in [6.45, 7) is 2.43. The van der Waals surface area contributed by atoms with E-state index in [4.69, 9.17) is 22.1 Å². The molecule has 19 heavy (non-hydrogen) atoms. The van der Waals surface area contributed by atoms with Gasteiger partial charge in [-0.25, -0.2) is 4.39 Å². The highest BCUT2D eigenvalue weighted by Gasteiger charge is 2.04. The van der Waals surface area contributed by atoms with Crippen LogP contribution in [-0.2, 0) is 0 Å². The number of ether oxygens (including phenoxy) is 1. The standard InChI is InChI=1S/C14H14ClFN2O/c1-2-19-14-8-10(4-6-13(14)17)18-9-3-5-12(16)11(15)7-9/h3-8,18H,2,17H2,1H3. The van der Waals surface area contributed by atoms with E-state index in [2.05, 4.69) is 5.32 Å². The quantitative estimate of drug-likeness (QED) is 0.825. The van der Waals surface area contributed by atoms with E-state index in [1.165, 1.54) is 12.1 Å². The van der Waals surface area contributed by atoms with Crippen LogP contribution in [0.4, 0.5) is 21.5 Å². The van der Waals surface area contributed by atoms with Gasteiger partial charge in [-0.2, -0.15) is 0 Å². The van der Waals surface area contributed by atoms with Crippen molar-refractivity contribution in [2.45, 2.75) is 6.92 Å². The number of halogens is 2. The zero-order valence-electron chi connectivity index (χ0n) is 10.4. The highest BCUT2D eigenvalue weighted by molar-refractivity contribution is 6.31. The van der Waals surface area contributed by atoms with Crippen LogP contribution in [0.25, 0.3) is 0 Å². The van der Waals surface area contributed by atoms with E-state index in [9.17, 15) is 4.39 Å². The molecule has 0 aromatic heterocycles. The number of rotatable bonds is 4. The van der Waals surface area contributed by atoms with Crippen molar-refractivity contribution in [1.82, 2.24) is 0 Å². The molecule has 0 radical (unpaired) electrons. The normalized spacial score (nSPS) is 10.3. The molecule has 0 heterocycles. The molecule has 0 amide bonds. The average Bonchev–Trinajstić information content (AvgIpc) is 2.38. The first-order chi connectivity index (χ1) is 9.10. The molecule has 0 fully saturated rings. The Morgan fingerprint density at radius 2 is 1.89 bits per heavy atom. The summed E-state index contributed by atoms with van der Waals surface area (Å²) in [6, 6.07) is 9.79. The molecule has 0 bridgehead atoms. The van der Waals surface area contributed by atoms with Gasteiger partial charge in [0.2, 0.25) is 0 Å². The summed E-state index contributed by atoms with van der Waals surface area (Å²) in [5.74, 6) is 0.167. The van der Waals surface area contributed by atoms with Gasteiger partial charge in [0.25, 0.3) is 0 Å². The molecule has 0 spiro atoms. The van der Waals surface area contributed by atoms with E-state index in [1.807, 2.05) is 13.0 Å². The number of benzene rings is 2. The molecule has 0 atom stereocenters. The van der Waals surface area contributed by atoms with Crippen molar-refractivity contribution in [2.75, 3.05) is 17.7 Å². The van der Waals surface area contributed by atoms with Gasteiger partial charge in [0.15, 0.2) is 0 Å². The minimum absolute atomic E-state index is 0.0745. The lowest BCUT2D eigenvalue weighted by Crippen LogP contribution is -1.98. The summed E-state index contributed by atoms with van der Waals surface area (Å²) in [4.78, 5) is 0. The Morgan fingerprint density at radius 1 is 1.21 bits per heavy atom. The molecule has 0 aliphatic heterocycles. The third kappa shape index (κ3) is 3.29. The Kier molecular flexibility index (Phi) is 4.12. The number of nitrogen functional groups attached to an aromatic ring is 1. The number of hydrogen-bond acceptors (Lipinski definition) is 3. The molecule has 100 valence electrons. The summed E-state index contributed by atoms with van der Waals surface area (Å²) < 4.78 is 18.5. The van der Waals surface area contributed by atoms with Crippen LogP contribution < -0.4 is 15.8 Å². The van der Waals surface area contributed by atoms with Crippen LogP contribution in [-0.4, -0.2) is 6.61 Å². The summed E-state index contributed by atoms with van der Waals surface area (Å²) in [5, 5.41) is 3.19. The van der Waals surface area contributed by atoms with Crippen molar-refractivity contribution in [3.8, 4) is 5.75 Å². The summed E-state index contributed by atoms with van der Waals surface area (Å²) in [6.07, 6.45) is 0. The Balaban J connectivity index is 2.22. The van der Waals surface area contributed by atoms with Gasteiger partial charge < -0.3 is 15.8 Å². The van der Waals surface area contributed by atoms with Crippen LogP contribution in [0.3, 0.4) is 0 Å². The molecule has 2 aromatic carbocycles. The maximum absolute atomic E-state index is 13.1. The first kappa shape index (κ1) is 13.5. The molecule has 3 nitrogen and oxygen atoms in total. The lowest BCUT2D eigenvalue weighted by Gasteiger charge is -2.11. The van der Waals surface area contributed by atoms with E-state index in [0.717, 1.165) is 5.69 Å². The Hall–Kier alpha value is -1.94. The molecular weight excluding hydrogens is 267 g/mol. The highest BCUT2D eigenvalue weighted by Crippen LogP contribution is 2.28. The minimum atomic E-state index is -0.445. The maximum atomic E-state index is 13.1. The fourth-order valence-corrected chi connectivity index (χ4v) is 1.81. The largest absolute Gasteiger partial charge is 0.492 e. The van der Waals surface area contributed by atoms with Gasteiger partial charge >= 0.3 is 0 Å². The van der Waals surface area contributed by atoms with E-state index >= 15 is 0 Å². The molecule has 0 aliphatic rings. The second-order valence-electron chi connectivity index (χ2n) is 3.94. The van der Waals surface area contributed by atoms with Crippen LogP contribution >= 0.6 is 11.6 Å². The van der Waals surface area contributed by atoms with Crippen molar-refractivity contribution in [3.63, 3.8) is 0 Å². The van der Waals surface area contributed by atoms with Crippen LogP contribution in [0.1, 0.15) is 6.92 Å². The highest BCUT2D eigenvalue weighted by atomic mass is 35.5. The lowest BCUT2D eigenvalue weighted by atomic mass is 10.2. The molecule has 0 unspecified atom stereocenters. The van der Waals surface area contributed by atoms with Crippen molar-refractivity contribution in [3.05, 3.63) is 47.2 Å². The Morgan fingerprint density at radius 3 is 2.58 bits per heavy atom. The van der Waals surface area contributed by atoms with Crippen LogP contribution in [0.15, 0.2) is 36.4 Å². The van der Waals surface area contributed by atoms with Crippen molar-refractivity contribution in [1.29, 1.82) is 0 Å². The van der Waals surface area contributed by atoms with Crippen LogP contribution in [0.5, 0.6) is 5.75 Å². The van der Waals surface area contributed by atoms with Gasteiger partial charge in [-0.05, 0) is 37.3 Å². The van der Waals surface area contributed by atoms with Gasteiger partial charge in [-0.1, -0.05) is 11.6 Å². The second-order valence-corrected chi connectivity index (χ2v) is 4.35. The van der Waals surface area contributed by atoms with E-state index in [1.54, 1.807) is 18.2 Å². The average molecular weight is 281 g/mol. The predicted octanol–water partition coefficient (Wildman–Crippen LogP) is 4.20. The molecule has 2 rings (SSSR count). The first-order valence-corrected chi connectivity index (χ1v) is 6.22. The van der Waals surface area contributed by atoms with Crippen LogP contribution in [0, 0.1) is 5.82 Å². The number of nitrogens with two attached hydrogens (primary N) is 1.